The number of amides is 2. The highest BCUT2D eigenvalue weighted by atomic mass is 32.1. The smallest absolute Gasteiger partial charge is 0.344 e. The van der Waals surface area contributed by atoms with Crippen molar-refractivity contribution < 1.29 is 27.2 Å². The van der Waals surface area contributed by atoms with Crippen LogP contribution in [-0.2, 0) is 16.0 Å². The van der Waals surface area contributed by atoms with Gasteiger partial charge in [-0.15, -0.1) is 11.3 Å². The van der Waals surface area contributed by atoms with Gasteiger partial charge in [-0.25, -0.2) is 9.37 Å². The summed E-state index contributed by atoms with van der Waals surface area (Å²) in [7, 11) is 0. The number of benzene rings is 1. The van der Waals surface area contributed by atoms with Crippen molar-refractivity contribution in [1.29, 1.82) is 0 Å². The monoisotopic (exact) mass is 401 g/mol. The van der Waals surface area contributed by atoms with Crippen LogP contribution >= 0.6 is 11.3 Å². The molecule has 2 aromatic rings. The van der Waals surface area contributed by atoms with Gasteiger partial charge in [-0.3, -0.25) is 9.59 Å². The summed E-state index contributed by atoms with van der Waals surface area (Å²) in [4.78, 5) is 28.7. The zero-order valence-corrected chi connectivity index (χ0v) is 14.7. The third-order valence-electron chi connectivity index (χ3n) is 4.19. The SMILES string of the molecule is O=C(Nc1ncc(Cc2ccccc2F)s1)C1CCC(C(F)(F)F)NC1=O. The van der Waals surface area contributed by atoms with Crippen LogP contribution in [0, 0.1) is 11.7 Å². The molecular formula is C17H15F4N3O2S. The molecule has 144 valence electrons. The Kier molecular flexibility index (Phi) is 5.45. The van der Waals surface area contributed by atoms with Gasteiger partial charge < -0.3 is 10.6 Å². The highest BCUT2D eigenvalue weighted by Crippen LogP contribution is 2.29. The highest BCUT2D eigenvalue weighted by Gasteiger charge is 2.45. The first-order chi connectivity index (χ1) is 12.7. The number of rotatable bonds is 4. The molecular weight excluding hydrogens is 386 g/mol. The van der Waals surface area contributed by atoms with Gasteiger partial charge in [0.1, 0.15) is 17.8 Å². The lowest BCUT2D eigenvalue weighted by molar-refractivity contribution is -0.170. The standard InChI is InChI=1S/C17H15F4N3O2S/c18-12-4-2-1-3-9(12)7-10-8-22-16(27-10)24-15(26)11-5-6-13(17(19,20)21)23-14(11)25/h1-4,8,11,13H,5-7H2,(H,23,25)(H,22,24,26). The van der Waals surface area contributed by atoms with E-state index in [2.05, 4.69) is 10.3 Å². The number of nitrogens with zero attached hydrogens (tertiary/aromatic N) is 1. The van der Waals surface area contributed by atoms with E-state index in [9.17, 15) is 27.2 Å². The Bertz CT molecular complexity index is 853. The predicted octanol–water partition coefficient (Wildman–Crippen LogP) is 3.27. The summed E-state index contributed by atoms with van der Waals surface area (Å²) in [5, 5.41) is 4.49. The fourth-order valence-corrected chi connectivity index (χ4v) is 3.61. The number of hydrogen-bond acceptors (Lipinski definition) is 4. The van der Waals surface area contributed by atoms with E-state index in [1.165, 1.54) is 12.3 Å². The van der Waals surface area contributed by atoms with Crippen LogP contribution in [0.25, 0.3) is 0 Å². The molecule has 27 heavy (non-hydrogen) atoms. The summed E-state index contributed by atoms with van der Waals surface area (Å²) >= 11 is 1.11. The molecule has 1 aromatic heterocycles. The molecule has 0 aliphatic carbocycles. The third-order valence-corrected chi connectivity index (χ3v) is 5.11. The van der Waals surface area contributed by atoms with Crippen LogP contribution in [0.5, 0.6) is 0 Å². The summed E-state index contributed by atoms with van der Waals surface area (Å²) in [6.07, 6.45) is -3.32. The molecule has 0 bridgehead atoms. The maximum Gasteiger partial charge on any atom is 0.408 e. The number of alkyl halides is 3. The van der Waals surface area contributed by atoms with Gasteiger partial charge >= 0.3 is 6.18 Å². The normalized spacial score (nSPS) is 20.2. The number of carbonyl (C=O) groups is 2. The zero-order chi connectivity index (χ0) is 19.6. The summed E-state index contributed by atoms with van der Waals surface area (Å²) in [5.74, 6) is -3.22. The largest absolute Gasteiger partial charge is 0.408 e. The van der Waals surface area contributed by atoms with Crippen LogP contribution in [0.15, 0.2) is 30.5 Å². The second kappa shape index (κ2) is 7.63. The van der Waals surface area contributed by atoms with Crippen LogP contribution in [0.3, 0.4) is 0 Å². The molecule has 2 amide bonds. The maximum absolute atomic E-state index is 13.7. The zero-order valence-electron chi connectivity index (χ0n) is 13.8. The predicted molar refractivity (Wildman–Crippen MR) is 90.7 cm³/mol. The van der Waals surface area contributed by atoms with Gasteiger partial charge in [0.25, 0.3) is 0 Å². The molecule has 0 saturated carbocycles. The number of thiazole rings is 1. The van der Waals surface area contributed by atoms with E-state index in [-0.39, 0.29) is 30.2 Å². The van der Waals surface area contributed by atoms with Gasteiger partial charge in [0, 0.05) is 17.5 Å². The van der Waals surface area contributed by atoms with Gasteiger partial charge in [-0.1, -0.05) is 18.2 Å². The number of halogens is 4. The van der Waals surface area contributed by atoms with E-state index in [0.717, 1.165) is 11.3 Å². The number of anilines is 1. The number of hydrogen-bond donors (Lipinski definition) is 2. The first kappa shape index (κ1) is 19.3. The fraction of sp³-hybridized carbons (Fsp3) is 0.353. The molecule has 10 heteroatoms. The number of piperidine rings is 1. The minimum atomic E-state index is -4.53. The van der Waals surface area contributed by atoms with E-state index < -0.39 is 30.0 Å². The Labute approximate surface area is 155 Å². The van der Waals surface area contributed by atoms with Crippen molar-refractivity contribution in [2.75, 3.05) is 5.32 Å². The molecule has 0 radical (unpaired) electrons. The maximum atomic E-state index is 13.7. The van der Waals surface area contributed by atoms with Crippen molar-refractivity contribution in [3.63, 3.8) is 0 Å². The van der Waals surface area contributed by atoms with E-state index in [4.69, 9.17) is 0 Å². The van der Waals surface area contributed by atoms with Gasteiger partial charge in [-0.05, 0) is 24.5 Å². The Hall–Kier alpha value is -2.49. The molecule has 5 nitrogen and oxygen atoms in total. The van der Waals surface area contributed by atoms with Crippen molar-refractivity contribution in [3.05, 3.63) is 46.7 Å². The molecule has 0 spiro atoms. The molecule has 2 N–H and O–H groups in total. The average molecular weight is 401 g/mol. The molecule has 1 aliphatic rings. The van der Waals surface area contributed by atoms with E-state index in [1.54, 1.807) is 18.2 Å². The molecule has 2 heterocycles. The Balaban J connectivity index is 1.60. The molecule has 2 atom stereocenters. The first-order valence-corrected chi connectivity index (χ1v) is 8.92. The minimum Gasteiger partial charge on any atom is -0.344 e. The van der Waals surface area contributed by atoms with Crippen LogP contribution < -0.4 is 10.6 Å². The van der Waals surface area contributed by atoms with Crippen LogP contribution in [0.4, 0.5) is 22.7 Å². The average Bonchev–Trinajstić information content (AvgIpc) is 3.03. The minimum absolute atomic E-state index is 0.199. The summed E-state index contributed by atoms with van der Waals surface area (Å²) in [6, 6.07) is 4.33. The topological polar surface area (TPSA) is 71.1 Å². The van der Waals surface area contributed by atoms with Crippen molar-refractivity contribution in [2.45, 2.75) is 31.5 Å². The second-order valence-electron chi connectivity index (χ2n) is 6.12. The second-order valence-corrected chi connectivity index (χ2v) is 7.24. The third kappa shape index (κ3) is 4.62. The van der Waals surface area contributed by atoms with Crippen LogP contribution in [0.1, 0.15) is 23.3 Å². The summed E-state index contributed by atoms with van der Waals surface area (Å²) < 4.78 is 51.6. The fourth-order valence-electron chi connectivity index (χ4n) is 2.77. The van der Waals surface area contributed by atoms with Crippen LogP contribution in [0.2, 0.25) is 0 Å². The van der Waals surface area contributed by atoms with Crippen molar-refractivity contribution in [3.8, 4) is 0 Å². The highest BCUT2D eigenvalue weighted by molar-refractivity contribution is 7.15. The number of carbonyl (C=O) groups excluding carboxylic acids is 2. The Morgan fingerprint density at radius 3 is 2.70 bits per heavy atom. The Morgan fingerprint density at radius 2 is 2.04 bits per heavy atom. The summed E-state index contributed by atoms with van der Waals surface area (Å²) in [6.45, 7) is 0. The first-order valence-electron chi connectivity index (χ1n) is 8.10. The van der Waals surface area contributed by atoms with E-state index in [1.807, 2.05) is 5.32 Å². The van der Waals surface area contributed by atoms with Gasteiger partial charge in [0.15, 0.2) is 5.13 Å². The molecule has 1 fully saturated rings. The van der Waals surface area contributed by atoms with Gasteiger partial charge in [-0.2, -0.15) is 13.2 Å². The molecule has 3 rings (SSSR count). The lowest BCUT2D eigenvalue weighted by Gasteiger charge is -2.29. The summed E-state index contributed by atoms with van der Waals surface area (Å²) in [5.41, 5.74) is 0.476. The van der Waals surface area contributed by atoms with Crippen LogP contribution in [-0.4, -0.2) is 29.0 Å². The van der Waals surface area contributed by atoms with Crippen molar-refractivity contribution in [1.82, 2.24) is 10.3 Å². The van der Waals surface area contributed by atoms with E-state index >= 15 is 0 Å². The van der Waals surface area contributed by atoms with Crippen molar-refractivity contribution in [2.24, 2.45) is 5.92 Å². The van der Waals surface area contributed by atoms with Gasteiger partial charge in [0.2, 0.25) is 11.8 Å². The van der Waals surface area contributed by atoms with Crippen molar-refractivity contribution >= 4 is 28.3 Å². The molecule has 2 unspecified atom stereocenters. The van der Waals surface area contributed by atoms with E-state index in [0.29, 0.717) is 10.4 Å². The molecule has 1 aromatic carbocycles. The lowest BCUT2D eigenvalue weighted by Crippen LogP contribution is -2.53. The lowest BCUT2D eigenvalue weighted by atomic mass is 9.93. The number of nitrogens with one attached hydrogen (secondary N) is 2. The molecule has 1 saturated heterocycles. The van der Waals surface area contributed by atoms with Gasteiger partial charge in [0.05, 0.1) is 0 Å². The molecule has 1 aliphatic heterocycles. The Morgan fingerprint density at radius 1 is 1.30 bits per heavy atom. The quantitative estimate of drug-likeness (QED) is 0.610. The number of aromatic nitrogens is 1.